The number of hydrogen-bond acceptors (Lipinski definition) is 4. The molecule has 0 fully saturated rings. The Balaban J connectivity index is 1.82. The SMILES string of the molecule is CC(Nc1ccn2nccc2n1)c1cc(F)ccc1OCC(F)F. The largest absolute Gasteiger partial charge is 0.487 e. The maximum atomic E-state index is 13.6. The number of benzene rings is 1. The van der Waals surface area contributed by atoms with Crippen LogP contribution in [0.1, 0.15) is 18.5 Å². The number of nitrogens with one attached hydrogen (secondary N) is 1. The Morgan fingerprint density at radius 3 is 2.88 bits per heavy atom. The molecular weight excluding hydrogens is 321 g/mol. The van der Waals surface area contributed by atoms with Gasteiger partial charge in [0.1, 0.15) is 24.0 Å². The van der Waals surface area contributed by atoms with E-state index in [4.69, 9.17) is 4.74 Å². The number of rotatable bonds is 6. The van der Waals surface area contributed by atoms with Gasteiger partial charge in [0.2, 0.25) is 0 Å². The lowest BCUT2D eigenvalue weighted by Crippen LogP contribution is -2.13. The summed E-state index contributed by atoms with van der Waals surface area (Å²) in [6.07, 6.45) is 0.757. The van der Waals surface area contributed by atoms with Gasteiger partial charge in [-0.1, -0.05) is 0 Å². The van der Waals surface area contributed by atoms with Gasteiger partial charge < -0.3 is 10.1 Å². The number of ether oxygens (including phenoxy) is 1. The lowest BCUT2D eigenvalue weighted by Gasteiger charge is -2.19. The minimum absolute atomic E-state index is 0.210. The molecular formula is C16H15F3N4O. The van der Waals surface area contributed by atoms with E-state index in [-0.39, 0.29) is 5.75 Å². The van der Waals surface area contributed by atoms with Crippen LogP contribution in [0.4, 0.5) is 19.0 Å². The summed E-state index contributed by atoms with van der Waals surface area (Å²) in [6, 6.07) is 6.85. The molecule has 0 aliphatic heterocycles. The van der Waals surface area contributed by atoms with E-state index in [9.17, 15) is 13.2 Å². The summed E-state index contributed by atoms with van der Waals surface area (Å²) in [5.74, 6) is 0.295. The molecule has 1 aromatic carbocycles. The topological polar surface area (TPSA) is 51.5 Å². The van der Waals surface area contributed by atoms with Crippen LogP contribution in [-0.2, 0) is 0 Å². The molecule has 2 aromatic heterocycles. The summed E-state index contributed by atoms with van der Waals surface area (Å²) in [6.45, 7) is 1.03. The highest BCUT2D eigenvalue weighted by molar-refractivity contribution is 5.48. The first-order chi connectivity index (χ1) is 11.5. The molecule has 0 amide bonds. The predicted octanol–water partition coefficient (Wildman–Crippen LogP) is 3.69. The van der Waals surface area contributed by atoms with Crippen LogP contribution >= 0.6 is 0 Å². The number of halogens is 3. The van der Waals surface area contributed by atoms with Crippen LogP contribution in [0.3, 0.4) is 0 Å². The third-order valence-electron chi connectivity index (χ3n) is 3.43. The number of alkyl halides is 2. The maximum absolute atomic E-state index is 13.6. The second kappa shape index (κ2) is 6.77. The predicted molar refractivity (Wildman–Crippen MR) is 82.9 cm³/mol. The van der Waals surface area contributed by atoms with Gasteiger partial charge in [-0.3, -0.25) is 0 Å². The molecule has 2 heterocycles. The van der Waals surface area contributed by atoms with Gasteiger partial charge >= 0.3 is 0 Å². The van der Waals surface area contributed by atoms with Gasteiger partial charge in [0.15, 0.2) is 5.65 Å². The summed E-state index contributed by atoms with van der Waals surface area (Å²) in [5, 5.41) is 7.16. The second-order valence-electron chi connectivity index (χ2n) is 5.20. The molecule has 3 rings (SSSR count). The lowest BCUT2D eigenvalue weighted by atomic mass is 10.1. The van der Waals surface area contributed by atoms with Crippen molar-refractivity contribution in [2.45, 2.75) is 19.4 Å². The molecule has 8 heteroatoms. The minimum Gasteiger partial charge on any atom is -0.487 e. The Kier molecular flexibility index (Phi) is 4.54. The summed E-state index contributed by atoms with van der Waals surface area (Å²) >= 11 is 0. The van der Waals surface area contributed by atoms with Crippen molar-refractivity contribution < 1.29 is 17.9 Å². The van der Waals surface area contributed by atoms with Crippen LogP contribution in [0.2, 0.25) is 0 Å². The Morgan fingerprint density at radius 1 is 1.25 bits per heavy atom. The van der Waals surface area contributed by atoms with Crippen molar-refractivity contribution in [1.82, 2.24) is 14.6 Å². The van der Waals surface area contributed by atoms with Gasteiger partial charge in [-0.15, -0.1) is 0 Å². The fraction of sp³-hybridized carbons (Fsp3) is 0.250. The lowest BCUT2D eigenvalue weighted by molar-refractivity contribution is 0.0813. The summed E-state index contributed by atoms with van der Waals surface area (Å²) in [7, 11) is 0. The van der Waals surface area contributed by atoms with Gasteiger partial charge in [0.25, 0.3) is 6.43 Å². The zero-order valence-corrected chi connectivity index (χ0v) is 12.8. The van der Waals surface area contributed by atoms with Crippen LogP contribution in [0.15, 0.2) is 42.7 Å². The number of nitrogens with zero attached hydrogens (tertiary/aromatic N) is 3. The van der Waals surface area contributed by atoms with Gasteiger partial charge in [0, 0.05) is 17.8 Å². The van der Waals surface area contributed by atoms with Gasteiger partial charge in [0.05, 0.1) is 12.2 Å². The third-order valence-corrected chi connectivity index (χ3v) is 3.43. The highest BCUT2D eigenvalue weighted by Gasteiger charge is 2.15. The van der Waals surface area contributed by atoms with Crippen LogP contribution in [0.25, 0.3) is 5.65 Å². The van der Waals surface area contributed by atoms with Crippen molar-refractivity contribution >= 4 is 11.5 Å². The summed E-state index contributed by atoms with van der Waals surface area (Å²) < 4.78 is 45.0. The molecule has 1 unspecified atom stereocenters. The number of anilines is 1. The normalized spacial score (nSPS) is 12.5. The molecule has 1 N–H and O–H groups in total. The molecule has 0 radical (unpaired) electrons. The molecule has 1 atom stereocenters. The number of hydrogen-bond donors (Lipinski definition) is 1. The quantitative estimate of drug-likeness (QED) is 0.746. The first kappa shape index (κ1) is 16.1. The smallest absolute Gasteiger partial charge is 0.272 e. The summed E-state index contributed by atoms with van der Waals surface area (Å²) in [5.41, 5.74) is 1.09. The highest BCUT2D eigenvalue weighted by Crippen LogP contribution is 2.28. The zero-order valence-electron chi connectivity index (χ0n) is 12.8. The number of fused-ring (bicyclic) bond motifs is 1. The average molecular weight is 336 g/mol. The van der Waals surface area contributed by atoms with Gasteiger partial charge in [-0.25, -0.2) is 22.7 Å². The van der Waals surface area contributed by atoms with Crippen molar-refractivity contribution in [3.8, 4) is 5.75 Å². The standard InChI is InChI=1S/C16H15F3N4O/c1-10(21-15-5-7-23-16(22-15)4-6-20-23)12-8-11(17)2-3-13(12)24-9-14(18)19/h2-8,10,14H,9H2,1H3,(H,21,22). The molecule has 0 spiro atoms. The maximum Gasteiger partial charge on any atom is 0.272 e. The fourth-order valence-electron chi connectivity index (χ4n) is 2.33. The molecule has 126 valence electrons. The molecule has 24 heavy (non-hydrogen) atoms. The third kappa shape index (κ3) is 3.58. The molecule has 0 bridgehead atoms. The first-order valence-corrected chi connectivity index (χ1v) is 7.30. The van der Waals surface area contributed by atoms with E-state index in [1.807, 2.05) is 0 Å². The van der Waals surface area contributed by atoms with Crippen LogP contribution in [0.5, 0.6) is 5.75 Å². The van der Waals surface area contributed by atoms with Crippen molar-refractivity contribution in [3.05, 3.63) is 54.1 Å². The Bertz CT molecular complexity index is 837. The monoisotopic (exact) mass is 336 g/mol. The highest BCUT2D eigenvalue weighted by atomic mass is 19.3. The van der Waals surface area contributed by atoms with Crippen LogP contribution in [-0.4, -0.2) is 27.6 Å². The van der Waals surface area contributed by atoms with E-state index in [1.165, 1.54) is 18.2 Å². The van der Waals surface area contributed by atoms with Crippen molar-refractivity contribution in [3.63, 3.8) is 0 Å². The van der Waals surface area contributed by atoms with Crippen LogP contribution in [0, 0.1) is 5.82 Å². The Hall–Kier alpha value is -2.77. The summed E-state index contributed by atoms with van der Waals surface area (Å²) in [4.78, 5) is 4.36. The second-order valence-corrected chi connectivity index (χ2v) is 5.20. The minimum atomic E-state index is -2.60. The molecule has 5 nitrogen and oxygen atoms in total. The van der Waals surface area contributed by atoms with Crippen molar-refractivity contribution in [2.75, 3.05) is 11.9 Å². The molecule has 0 saturated carbocycles. The fourth-order valence-corrected chi connectivity index (χ4v) is 2.33. The van der Waals surface area contributed by atoms with E-state index in [1.54, 1.807) is 36.0 Å². The zero-order chi connectivity index (χ0) is 17.1. The van der Waals surface area contributed by atoms with E-state index in [0.29, 0.717) is 17.0 Å². The van der Waals surface area contributed by atoms with Crippen molar-refractivity contribution in [2.24, 2.45) is 0 Å². The van der Waals surface area contributed by atoms with Crippen LogP contribution < -0.4 is 10.1 Å². The molecule has 0 aliphatic carbocycles. The Morgan fingerprint density at radius 2 is 2.08 bits per heavy atom. The van der Waals surface area contributed by atoms with Gasteiger partial charge in [-0.05, 0) is 31.2 Å². The van der Waals surface area contributed by atoms with Crippen molar-refractivity contribution in [1.29, 1.82) is 0 Å². The number of aromatic nitrogens is 3. The van der Waals surface area contributed by atoms with E-state index >= 15 is 0 Å². The van der Waals surface area contributed by atoms with E-state index in [0.717, 1.165) is 0 Å². The molecule has 0 saturated heterocycles. The first-order valence-electron chi connectivity index (χ1n) is 7.30. The Labute approximate surface area is 136 Å². The molecule has 0 aliphatic rings. The average Bonchev–Trinajstić information content (AvgIpc) is 3.01. The van der Waals surface area contributed by atoms with Gasteiger partial charge in [-0.2, -0.15) is 5.10 Å². The van der Waals surface area contributed by atoms with E-state index in [2.05, 4.69) is 15.4 Å². The van der Waals surface area contributed by atoms with E-state index < -0.39 is 24.9 Å². The molecule has 3 aromatic rings.